The number of halogens is 1. The molecule has 2 amide bonds. The van der Waals surface area contributed by atoms with Gasteiger partial charge in [-0.25, -0.2) is 4.39 Å². The van der Waals surface area contributed by atoms with E-state index in [0.717, 1.165) is 17.7 Å². The van der Waals surface area contributed by atoms with E-state index in [0.29, 0.717) is 6.54 Å². The van der Waals surface area contributed by atoms with Gasteiger partial charge in [0, 0.05) is 19.2 Å². The molecule has 0 bridgehead atoms. The molecule has 0 aliphatic carbocycles. The zero-order valence-corrected chi connectivity index (χ0v) is 12.8. The molecule has 23 heavy (non-hydrogen) atoms. The number of nitrogens with zero attached hydrogens (tertiary/aromatic N) is 2. The second kappa shape index (κ2) is 6.20. The van der Waals surface area contributed by atoms with Crippen LogP contribution in [0.25, 0.3) is 0 Å². The summed E-state index contributed by atoms with van der Waals surface area (Å²) in [5, 5.41) is 0. The van der Waals surface area contributed by atoms with Crippen molar-refractivity contribution in [3.8, 4) is 0 Å². The fraction of sp³-hybridized carbons (Fsp3) is 0.222. The summed E-state index contributed by atoms with van der Waals surface area (Å²) in [6.07, 6.45) is 0.793. The highest BCUT2D eigenvalue weighted by molar-refractivity contribution is 6.03. The average molecular weight is 312 g/mol. The quantitative estimate of drug-likeness (QED) is 0.874. The van der Waals surface area contributed by atoms with Gasteiger partial charge < -0.3 is 9.80 Å². The van der Waals surface area contributed by atoms with E-state index in [4.69, 9.17) is 0 Å². The summed E-state index contributed by atoms with van der Waals surface area (Å²) in [5.41, 5.74) is 2.11. The molecule has 3 rings (SSSR count). The lowest BCUT2D eigenvalue weighted by atomic mass is 10.2. The van der Waals surface area contributed by atoms with Gasteiger partial charge in [-0.15, -0.1) is 0 Å². The van der Waals surface area contributed by atoms with Crippen LogP contribution in [0.15, 0.2) is 48.5 Å². The van der Waals surface area contributed by atoms with Crippen LogP contribution in [0.1, 0.15) is 12.5 Å². The number of carbonyl (C=O) groups is 2. The van der Waals surface area contributed by atoms with Crippen molar-refractivity contribution < 1.29 is 14.0 Å². The first-order chi connectivity index (χ1) is 11.1. The van der Waals surface area contributed by atoms with Gasteiger partial charge in [-0.1, -0.05) is 30.3 Å². The highest BCUT2D eigenvalue weighted by atomic mass is 19.1. The maximum absolute atomic E-state index is 13.9. The largest absolute Gasteiger partial charge is 0.310 e. The number of carbonyl (C=O) groups excluding carboxylic acids is 2. The molecule has 0 saturated heterocycles. The van der Waals surface area contributed by atoms with Gasteiger partial charge in [0.2, 0.25) is 11.8 Å². The van der Waals surface area contributed by atoms with Crippen LogP contribution in [-0.4, -0.2) is 24.9 Å². The third-order valence-electron chi connectivity index (χ3n) is 4.00. The molecular formula is C18H17FN2O2. The van der Waals surface area contributed by atoms with Crippen LogP contribution in [0.3, 0.4) is 0 Å². The van der Waals surface area contributed by atoms with Crippen molar-refractivity contribution in [1.29, 1.82) is 0 Å². The Kier molecular flexibility index (Phi) is 4.10. The molecule has 0 aromatic heterocycles. The molecule has 5 heteroatoms. The van der Waals surface area contributed by atoms with Crippen LogP contribution >= 0.6 is 0 Å². The van der Waals surface area contributed by atoms with Gasteiger partial charge in [0.25, 0.3) is 0 Å². The van der Waals surface area contributed by atoms with Crippen molar-refractivity contribution in [2.75, 3.05) is 22.9 Å². The highest BCUT2D eigenvalue weighted by Crippen LogP contribution is 2.28. The van der Waals surface area contributed by atoms with Crippen molar-refractivity contribution >= 4 is 23.2 Å². The molecule has 0 unspecified atom stereocenters. The molecule has 0 radical (unpaired) electrons. The Labute approximate surface area is 134 Å². The minimum absolute atomic E-state index is 0.126. The van der Waals surface area contributed by atoms with E-state index >= 15 is 0 Å². The summed E-state index contributed by atoms with van der Waals surface area (Å²) < 4.78 is 13.9. The number of rotatable bonds is 3. The summed E-state index contributed by atoms with van der Waals surface area (Å²) in [7, 11) is 0. The molecule has 0 atom stereocenters. The Balaban J connectivity index is 1.83. The number of anilines is 2. The van der Waals surface area contributed by atoms with Crippen LogP contribution in [0.2, 0.25) is 0 Å². The topological polar surface area (TPSA) is 40.6 Å². The second-order valence-electron chi connectivity index (χ2n) is 5.48. The maximum Gasteiger partial charge on any atom is 0.247 e. The fourth-order valence-corrected chi connectivity index (χ4v) is 2.85. The van der Waals surface area contributed by atoms with Gasteiger partial charge in [0.05, 0.1) is 5.69 Å². The van der Waals surface area contributed by atoms with Gasteiger partial charge in [-0.05, 0) is 30.2 Å². The minimum Gasteiger partial charge on any atom is -0.310 e. The van der Waals surface area contributed by atoms with E-state index in [-0.39, 0.29) is 24.0 Å². The zero-order chi connectivity index (χ0) is 16.4. The Bertz CT molecular complexity index is 760. The van der Waals surface area contributed by atoms with Gasteiger partial charge >= 0.3 is 0 Å². The maximum atomic E-state index is 13.9. The second-order valence-corrected chi connectivity index (χ2v) is 5.48. The van der Waals surface area contributed by atoms with E-state index < -0.39 is 5.82 Å². The third-order valence-corrected chi connectivity index (χ3v) is 4.00. The first-order valence-electron chi connectivity index (χ1n) is 7.49. The zero-order valence-electron chi connectivity index (χ0n) is 12.8. The Morgan fingerprint density at radius 2 is 1.83 bits per heavy atom. The summed E-state index contributed by atoms with van der Waals surface area (Å²) in [5.74, 6) is -1.10. The van der Waals surface area contributed by atoms with E-state index in [1.54, 1.807) is 17.0 Å². The third kappa shape index (κ3) is 2.95. The number of amides is 2. The molecule has 0 fully saturated rings. The molecular weight excluding hydrogens is 295 g/mol. The van der Waals surface area contributed by atoms with Crippen molar-refractivity contribution in [1.82, 2.24) is 0 Å². The lowest BCUT2D eigenvalue weighted by molar-refractivity contribution is -0.121. The molecule has 1 aliphatic rings. The van der Waals surface area contributed by atoms with Crippen molar-refractivity contribution in [2.45, 2.75) is 13.3 Å². The van der Waals surface area contributed by atoms with E-state index in [1.807, 2.05) is 24.3 Å². The lowest BCUT2D eigenvalue weighted by Crippen LogP contribution is -2.42. The first kappa shape index (κ1) is 15.2. The Morgan fingerprint density at radius 3 is 2.57 bits per heavy atom. The highest BCUT2D eigenvalue weighted by Gasteiger charge is 2.27. The van der Waals surface area contributed by atoms with Crippen molar-refractivity contribution in [3.05, 3.63) is 59.9 Å². The molecule has 0 spiro atoms. The van der Waals surface area contributed by atoms with Gasteiger partial charge in [-0.3, -0.25) is 9.59 Å². The van der Waals surface area contributed by atoms with Crippen LogP contribution in [-0.2, 0) is 16.0 Å². The number of hydrogen-bond acceptors (Lipinski definition) is 2. The molecule has 4 nitrogen and oxygen atoms in total. The van der Waals surface area contributed by atoms with E-state index in [2.05, 4.69) is 0 Å². The number of benzene rings is 2. The number of hydrogen-bond donors (Lipinski definition) is 0. The van der Waals surface area contributed by atoms with Gasteiger partial charge in [0.1, 0.15) is 12.4 Å². The fourth-order valence-electron chi connectivity index (χ4n) is 2.85. The standard InChI is InChI=1S/C18H17FN2O2/c1-13(22)21(17-9-5-3-7-15(17)19)12-18(23)20-11-10-14-6-2-4-8-16(14)20/h2-9H,10-12H2,1H3. The normalized spacial score (nSPS) is 12.9. The molecule has 118 valence electrons. The van der Waals surface area contributed by atoms with Gasteiger partial charge in [-0.2, -0.15) is 0 Å². The van der Waals surface area contributed by atoms with Gasteiger partial charge in [0.15, 0.2) is 0 Å². The molecule has 1 aliphatic heterocycles. The molecule has 0 N–H and O–H groups in total. The smallest absolute Gasteiger partial charge is 0.247 e. The predicted octanol–water partition coefficient (Wildman–Crippen LogP) is 2.77. The summed E-state index contributed by atoms with van der Waals surface area (Å²) in [6, 6.07) is 13.7. The van der Waals surface area contributed by atoms with E-state index in [9.17, 15) is 14.0 Å². The lowest BCUT2D eigenvalue weighted by Gasteiger charge is -2.25. The molecule has 2 aromatic carbocycles. The summed E-state index contributed by atoms with van der Waals surface area (Å²) >= 11 is 0. The summed E-state index contributed by atoms with van der Waals surface area (Å²) in [6.45, 7) is 1.74. The van der Waals surface area contributed by atoms with Crippen molar-refractivity contribution in [3.63, 3.8) is 0 Å². The Hall–Kier alpha value is -2.69. The van der Waals surface area contributed by atoms with Crippen LogP contribution < -0.4 is 9.80 Å². The van der Waals surface area contributed by atoms with E-state index in [1.165, 1.54) is 24.0 Å². The molecule has 1 heterocycles. The van der Waals surface area contributed by atoms with Crippen LogP contribution in [0, 0.1) is 5.82 Å². The number of para-hydroxylation sites is 2. The summed E-state index contributed by atoms with van der Waals surface area (Å²) in [4.78, 5) is 27.3. The first-order valence-corrected chi connectivity index (χ1v) is 7.49. The minimum atomic E-state index is -0.516. The van der Waals surface area contributed by atoms with Crippen molar-refractivity contribution in [2.24, 2.45) is 0 Å². The molecule has 0 saturated carbocycles. The molecule has 2 aromatic rings. The number of fused-ring (bicyclic) bond motifs is 1. The average Bonchev–Trinajstić information content (AvgIpc) is 2.97. The van der Waals surface area contributed by atoms with Crippen LogP contribution in [0.5, 0.6) is 0 Å². The predicted molar refractivity (Wildman–Crippen MR) is 86.9 cm³/mol. The SMILES string of the molecule is CC(=O)N(CC(=O)N1CCc2ccccc21)c1ccccc1F. The monoisotopic (exact) mass is 312 g/mol. The van der Waals surface area contributed by atoms with Crippen LogP contribution in [0.4, 0.5) is 15.8 Å². The Morgan fingerprint density at radius 1 is 1.13 bits per heavy atom.